The smallest absolute Gasteiger partial charge is 0.227 e. The van der Waals surface area contributed by atoms with Crippen molar-refractivity contribution in [2.24, 2.45) is 0 Å². The molecular weight excluding hydrogens is 332 g/mol. The molecular formula is C24H26N2O. The van der Waals surface area contributed by atoms with Gasteiger partial charge in [0.25, 0.3) is 0 Å². The summed E-state index contributed by atoms with van der Waals surface area (Å²) >= 11 is 0. The van der Waals surface area contributed by atoms with Crippen molar-refractivity contribution in [2.45, 2.75) is 45.6 Å². The summed E-state index contributed by atoms with van der Waals surface area (Å²) in [5, 5.41) is 1.15. The fourth-order valence-electron chi connectivity index (χ4n) is 4.35. The highest BCUT2D eigenvalue weighted by molar-refractivity contribution is 5.86. The first-order valence-corrected chi connectivity index (χ1v) is 9.81. The van der Waals surface area contributed by atoms with Crippen LogP contribution in [-0.2, 0) is 17.6 Å². The van der Waals surface area contributed by atoms with Gasteiger partial charge in [-0.25, -0.2) is 0 Å². The molecule has 138 valence electrons. The van der Waals surface area contributed by atoms with Crippen molar-refractivity contribution in [3.05, 3.63) is 77.0 Å². The molecule has 0 aliphatic carbocycles. The second kappa shape index (κ2) is 7.51. The molecule has 3 heteroatoms. The van der Waals surface area contributed by atoms with E-state index in [1.54, 1.807) is 0 Å². The SMILES string of the molecule is Cc1nc2ccccc2c(C)c1CC(=O)N1CCC[C@@H]1Cc1ccccc1. The number of benzene rings is 2. The number of hydrogen-bond donors (Lipinski definition) is 0. The Labute approximate surface area is 161 Å². The van der Waals surface area contributed by atoms with Crippen molar-refractivity contribution in [1.29, 1.82) is 0 Å². The first kappa shape index (κ1) is 17.7. The minimum Gasteiger partial charge on any atom is -0.339 e. The fourth-order valence-corrected chi connectivity index (χ4v) is 4.35. The van der Waals surface area contributed by atoms with Gasteiger partial charge in [-0.1, -0.05) is 48.5 Å². The Balaban J connectivity index is 1.56. The number of carbonyl (C=O) groups is 1. The summed E-state index contributed by atoms with van der Waals surface area (Å²) in [5.41, 5.74) is 5.56. The molecule has 2 heterocycles. The summed E-state index contributed by atoms with van der Waals surface area (Å²) in [6.07, 6.45) is 3.58. The van der Waals surface area contributed by atoms with Gasteiger partial charge in [-0.2, -0.15) is 0 Å². The van der Waals surface area contributed by atoms with Gasteiger partial charge in [0.2, 0.25) is 5.91 Å². The van der Waals surface area contributed by atoms with Crippen molar-refractivity contribution in [3.8, 4) is 0 Å². The van der Waals surface area contributed by atoms with E-state index in [0.717, 1.165) is 48.0 Å². The molecule has 27 heavy (non-hydrogen) atoms. The van der Waals surface area contributed by atoms with E-state index >= 15 is 0 Å². The van der Waals surface area contributed by atoms with Crippen LogP contribution in [0.25, 0.3) is 10.9 Å². The average Bonchev–Trinajstić information content (AvgIpc) is 3.14. The summed E-state index contributed by atoms with van der Waals surface area (Å²) in [6, 6.07) is 19.0. The number of pyridine rings is 1. The molecule has 0 saturated carbocycles. The van der Waals surface area contributed by atoms with Gasteiger partial charge in [0.1, 0.15) is 0 Å². The van der Waals surface area contributed by atoms with Crippen molar-refractivity contribution < 1.29 is 4.79 Å². The number of rotatable bonds is 4. The monoisotopic (exact) mass is 358 g/mol. The maximum atomic E-state index is 13.2. The molecule has 0 unspecified atom stereocenters. The van der Waals surface area contributed by atoms with Gasteiger partial charge in [-0.3, -0.25) is 9.78 Å². The minimum absolute atomic E-state index is 0.233. The van der Waals surface area contributed by atoms with E-state index in [0.29, 0.717) is 12.5 Å². The van der Waals surface area contributed by atoms with Crippen LogP contribution in [0.5, 0.6) is 0 Å². The molecule has 3 nitrogen and oxygen atoms in total. The average molecular weight is 358 g/mol. The molecule has 1 atom stereocenters. The number of aromatic nitrogens is 1. The van der Waals surface area contributed by atoms with Gasteiger partial charge in [-0.15, -0.1) is 0 Å². The molecule has 0 bridgehead atoms. The number of hydrogen-bond acceptors (Lipinski definition) is 2. The van der Waals surface area contributed by atoms with Crippen LogP contribution in [-0.4, -0.2) is 28.4 Å². The van der Waals surface area contributed by atoms with Crippen molar-refractivity contribution in [3.63, 3.8) is 0 Å². The van der Waals surface area contributed by atoms with Gasteiger partial charge in [-0.05, 0) is 55.9 Å². The van der Waals surface area contributed by atoms with Gasteiger partial charge in [0.05, 0.1) is 11.9 Å². The molecule has 0 spiro atoms. The van der Waals surface area contributed by atoms with Crippen LogP contribution in [0.2, 0.25) is 0 Å². The molecule has 1 aliphatic heterocycles. The second-order valence-corrected chi connectivity index (χ2v) is 7.57. The quantitative estimate of drug-likeness (QED) is 0.681. The highest BCUT2D eigenvalue weighted by Crippen LogP contribution is 2.26. The van der Waals surface area contributed by atoms with Crippen LogP contribution in [0, 0.1) is 13.8 Å². The number of aryl methyl sites for hydroxylation is 2. The third-order valence-electron chi connectivity index (χ3n) is 5.83. The van der Waals surface area contributed by atoms with E-state index in [-0.39, 0.29) is 5.91 Å². The predicted molar refractivity (Wildman–Crippen MR) is 110 cm³/mol. The summed E-state index contributed by atoms with van der Waals surface area (Å²) in [6.45, 7) is 5.01. The lowest BCUT2D eigenvalue weighted by Gasteiger charge is -2.26. The minimum atomic E-state index is 0.233. The number of fused-ring (bicyclic) bond motifs is 1. The van der Waals surface area contributed by atoms with E-state index < -0.39 is 0 Å². The lowest BCUT2D eigenvalue weighted by Crippen LogP contribution is -2.38. The molecule has 0 radical (unpaired) electrons. The van der Waals surface area contributed by atoms with E-state index in [9.17, 15) is 4.79 Å². The number of likely N-dealkylation sites (tertiary alicyclic amines) is 1. The maximum Gasteiger partial charge on any atom is 0.227 e. The number of para-hydroxylation sites is 1. The topological polar surface area (TPSA) is 33.2 Å². The Bertz CT molecular complexity index is 965. The van der Waals surface area contributed by atoms with Crippen LogP contribution in [0.3, 0.4) is 0 Å². The van der Waals surface area contributed by atoms with Crippen LogP contribution in [0.4, 0.5) is 0 Å². The molecule has 1 aliphatic rings. The Morgan fingerprint density at radius 1 is 1.07 bits per heavy atom. The standard InChI is InChI=1S/C24H26N2O/c1-17-21-12-6-7-13-23(21)25-18(2)22(17)16-24(27)26-14-8-11-20(26)15-19-9-4-3-5-10-19/h3-7,9-10,12-13,20H,8,11,14-16H2,1-2H3/t20-/m1/s1. The summed E-state index contributed by atoms with van der Waals surface area (Å²) in [5.74, 6) is 0.233. The van der Waals surface area contributed by atoms with Crippen LogP contribution < -0.4 is 0 Å². The summed E-state index contributed by atoms with van der Waals surface area (Å²) in [4.78, 5) is 20.0. The van der Waals surface area contributed by atoms with Crippen molar-refractivity contribution in [2.75, 3.05) is 6.54 Å². The Morgan fingerprint density at radius 3 is 2.63 bits per heavy atom. The maximum absolute atomic E-state index is 13.2. The number of nitrogens with zero attached hydrogens (tertiary/aromatic N) is 2. The molecule has 1 saturated heterocycles. The van der Waals surface area contributed by atoms with E-state index in [4.69, 9.17) is 4.98 Å². The first-order chi connectivity index (χ1) is 13.1. The molecule has 1 amide bonds. The lowest BCUT2D eigenvalue weighted by atomic mass is 9.98. The van der Waals surface area contributed by atoms with Crippen LogP contribution in [0.1, 0.15) is 35.2 Å². The van der Waals surface area contributed by atoms with E-state index in [1.165, 1.54) is 11.1 Å². The zero-order valence-electron chi connectivity index (χ0n) is 16.1. The second-order valence-electron chi connectivity index (χ2n) is 7.57. The van der Waals surface area contributed by atoms with Crippen molar-refractivity contribution >= 4 is 16.8 Å². The van der Waals surface area contributed by atoms with Gasteiger partial charge >= 0.3 is 0 Å². The third kappa shape index (κ3) is 3.59. The highest BCUT2D eigenvalue weighted by Gasteiger charge is 2.29. The zero-order chi connectivity index (χ0) is 18.8. The van der Waals surface area contributed by atoms with E-state index in [2.05, 4.69) is 42.2 Å². The van der Waals surface area contributed by atoms with Crippen LogP contribution in [0.15, 0.2) is 54.6 Å². The Kier molecular flexibility index (Phi) is 4.93. The molecule has 2 aromatic carbocycles. The molecule has 0 N–H and O–H groups in total. The summed E-state index contributed by atoms with van der Waals surface area (Å²) < 4.78 is 0. The first-order valence-electron chi connectivity index (χ1n) is 9.81. The summed E-state index contributed by atoms with van der Waals surface area (Å²) in [7, 11) is 0. The zero-order valence-corrected chi connectivity index (χ0v) is 16.1. The number of amides is 1. The van der Waals surface area contributed by atoms with Crippen molar-refractivity contribution in [1.82, 2.24) is 9.88 Å². The normalized spacial score (nSPS) is 16.8. The van der Waals surface area contributed by atoms with E-state index in [1.807, 2.05) is 31.2 Å². The van der Waals surface area contributed by atoms with Gasteiger partial charge < -0.3 is 4.90 Å². The predicted octanol–water partition coefficient (Wildman–Crippen LogP) is 4.63. The highest BCUT2D eigenvalue weighted by atomic mass is 16.2. The Hall–Kier alpha value is -2.68. The molecule has 4 rings (SSSR count). The van der Waals surface area contributed by atoms with Crippen LogP contribution >= 0.6 is 0 Å². The largest absolute Gasteiger partial charge is 0.339 e. The molecule has 3 aromatic rings. The molecule has 1 aromatic heterocycles. The van der Waals surface area contributed by atoms with Gasteiger partial charge in [0, 0.05) is 23.7 Å². The van der Waals surface area contributed by atoms with Gasteiger partial charge in [0.15, 0.2) is 0 Å². The fraction of sp³-hybridized carbons (Fsp3) is 0.333. The Morgan fingerprint density at radius 2 is 1.81 bits per heavy atom. The lowest BCUT2D eigenvalue weighted by molar-refractivity contribution is -0.131. The third-order valence-corrected chi connectivity index (χ3v) is 5.83. The molecule has 1 fully saturated rings. The number of carbonyl (C=O) groups excluding carboxylic acids is 1.